The van der Waals surface area contributed by atoms with Crippen LogP contribution in [0.1, 0.15) is 31.9 Å². The number of aryl methyl sites for hydroxylation is 1. The van der Waals surface area contributed by atoms with E-state index in [2.05, 4.69) is 23.3 Å². The Balaban J connectivity index is 1.87. The molecule has 2 nitrogen and oxygen atoms in total. The van der Waals surface area contributed by atoms with Crippen LogP contribution in [-0.4, -0.2) is 11.5 Å². The summed E-state index contributed by atoms with van der Waals surface area (Å²) < 4.78 is 0. The topological polar surface area (TPSA) is 24.9 Å². The largest absolute Gasteiger partial charge is 0.370 e. The first-order valence-electron chi connectivity index (χ1n) is 5.93. The summed E-state index contributed by atoms with van der Waals surface area (Å²) in [4.78, 5) is 4.45. The summed E-state index contributed by atoms with van der Waals surface area (Å²) >= 11 is 0. The Labute approximate surface area is 92.1 Å². The molecule has 0 aromatic carbocycles. The normalized spacial score (nSPS) is 25.5. The lowest BCUT2D eigenvalue weighted by molar-refractivity contribution is 0.439. The third-order valence-corrected chi connectivity index (χ3v) is 3.47. The van der Waals surface area contributed by atoms with Crippen LogP contribution in [0.15, 0.2) is 18.2 Å². The third kappa shape index (κ3) is 2.71. The van der Waals surface area contributed by atoms with E-state index in [9.17, 15) is 0 Å². The predicted octanol–water partition coefficient (Wildman–Crippen LogP) is 3.24. The van der Waals surface area contributed by atoms with Crippen LogP contribution in [0.4, 0.5) is 5.82 Å². The maximum absolute atomic E-state index is 4.45. The van der Waals surface area contributed by atoms with Crippen LogP contribution in [0, 0.1) is 18.8 Å². The molecule has 1 aromatic rings. The highest BCUT2D eigenvalue weighted by Gasteiger charge is 2.22. The van der Waals surface area contributed by atoms with Gasteiger partial charge in [-0.2, -0.15) is 0 Å². The molecule has 1 saturated carbocycles. The molecule has 15 heavy (non-hydrogen) atoms. The van der Waals surface area contributed by atoms with Crippen LogP contribution < -0.4 is 5.32 Å². The molecular formula is C13H20N2. The first-order chi connectivity index (χ1) is 7.25. The van der Waals surface area contributed by atoms with Gasteiger partial charge >= 0.3 is 0 Å². The van der Waals surface area contributed by atoms with Crippen molar-refractivity contribution in [3.05, 3.63) is 23.9 Å². The summed E-state index contributed by atoms with van der Waals surface area (Å²) in [6.07, 6.45) is 4.17. The number of hydrogen-bond acceptors (Lipinski definition) is 2. The number of nitrogens with one attached hydrogen (secondary N) is 1. The van der Waals surface area contributed by atoms with Crippen molar-refractivity contribution in [2.75, 3.05) is 11.9 Å². The quantitative estimate of drug-likeness (QED) is 0.817. The molecule has 0 radical (unpaired) electrons. The Bertz CT molecular complexity index is 322. The Morgan fingerprint density at radius 3 is 2.93 bits per heavy atom. The van der Waals surface area contributed by atoms with Crippen LogP contribution in [0.5, 0.6) is 0 Å². The van der Waals surface area contributed by atoms with Crippen molar-refractivity contribution in [3.63, 3.8) is 0 Å². The average molecular weight is 204 g/mol. The van der Waals surface area contributed by atoms with Crippen LogP contribution in [0.3, 0.4) is 0 Å². The van der Waals surface area contributed by atoms with Crippen molar-refractivity contribution < 1.29 is 0 Å². The smallest absolute Gasteiger partial charge is 0.126 e. The zero-order valence-corrected chi connectivity index (χ0v) is 9.66. The molecule has 82 valence electrons. The maximum Gasteiger partial charge on any atom is 0.126 e. The van der Waals surface area contributed by atoms with Crippen LogP contribution in [0.2, 0.25) is 0 Å². The number of anilines is 1. The minimum atomic E-state index is 0.840. The van der Waals surface area contributed by atoms with E-state index in [1.54, 1.807) is 0 Å². The zero-order valence-electron chi connectivity index (χ0n) is 9.66. The molecule has 2 rings (SSSR count). The first kappa shape index (κ1) is 10.5. The first-order valence-corrected chi connectivity index (χ1v) is 5.93. The number of hydrogen-bond donors (Lipinski definition) is 1. The highest BCUT2D eigenvalue weighted by Crippen LogP contribution is 2.30. The molecule has 2 unspecified atom stereocenters. The van der Waals surface area contributed by atoms with E-state index in [0.29, 0.717) is 0 Å². The van der Waals surface area contributed by atoms with Crippen molar-refractivity contribution in [2.45, 2.75) is 33.1 Å². The fourth-order valence-electron chi connectivity index (χ4n) is 2.40. The molecular weight excluding hydrogens is 184 g/mol. The molecule has 0 saturated heterocycles. The molecule has 1 N–H and O–H groups in total. The van der Waals surface area contributed by atoms with Gasteiger partial charge in [-0.3, -0.25) is 0 Å². The molecule has 1 fully saturated rings. The van der Waals surface area contributed by atoms with Gasteiger partial charge in [0.15, 0.2) is 0 Å². The molecule has 0 spiro atoms. The van der Waals surface area contributed by atoms with E-state index in [-0.39, 0.29) is 0 Å². The highest BCUT2D eigenvalue weighted by atomic mass is 15.0. The van der Waals surface area contributed by atoms with Gasteiger partial charge in [-0.25, -0.2) is 4.98 Å². The van der Waals surface area contributed by atoms with Crippen LogP contribution in [0.25, 0.3) is 0 Å². The third-order valence-electron chi connectivity index (χ3n) is 3.47. The van der Waals surface area contributed by atoms with Gasteiger partial charge in [-0.05, 0) is 37.3 Å². The summed E-state index contributed by atoms with van der Waals surface area (Å²) in [6, 6.07) is 6.14. The monoisotopic (exact) mass is 204 g/mol. The fourth-order valence-corrected chi connectivity index (χ4v) is 2.40. The maximum atomic E-state index is 4.45. The van der Waals surface area contributed by atoms with E-state index in [4.69, 9.17) is 0 Å². The summed E-state index contributed by atoms with van der Waals surface area (Å²) in [6.45, 7) is 5.48. The van der Waals surface area contributed by atoms with Gasteiger partial charge < -0.3 is 5.32 Å². The summed E-state index contributed by atoms with van der Waals surface area (Å²) in [5, 5.41) is 3.45. The Kier molecular flexibility index (Phi) is 3.24. The predicted molar refractivity (Wildman–Crippen MR) is 64.0 cm³/mol. The molecule has 0 aliphatic heterocycles. The molecule has 1 heterocycles. The molecule has 1 aliphatic carbocycles. The van der Waals surface area contributed by atoms with E-state index < -0.39 is 0 Å². The number of pyridine rings is 1. The van der Waals surface area contributed by atoms with Crippen molar-refractivity contribution in [1.29, 1.82) is 0 Å². The van der Waals surface area contributed by atoms with Crippen molar-refractivity contribution in [1.82, 2.24) is 4.98 Å². The van der Waals surface area contributed by atoms with Gasteiger partial charge in [-0.15, -0.1) is 0 Å². The van der Waals surface area contributed by atoms with E-state index in [0.717, 1.165) is 29.9 Å². The van der Waals surface area contributed by atoms with Gasteiger partial charge in [0.25, 0.3) is 0 Å². The number of aromatic nitrogens is 1. The minimum absolute atomic E-state index is 0.840. The van der Waals surface area contributed by atoms with Crippen LogP contribution in [-0.2, 0) is 0 Å². The second kappa shape index (κ2) is 4.65. The van der Waals surface area contributed by atoms with Gasteiger partial charge in [-0.1, -0.05) is 25.8 Å². The molecule has 1 aliphatic rings. The second-order valence-corrected chi connectivity index (χ2v) is 4.71. The van der Waals surface area contributed by atoms with Crippen LogP contribution >= 0.6 is 0 Å². The lowest BCUT2D eigenvalue weighted by atomic mass is 9.98. The number of rotatable bonds is 3. The Morgan fingerprint density at radius 1 is 1.40 bits per heavy atom. The Hall–Kier alpha value is -1.05. The minimum Gasteiger partial charge on any atom is -0.370 e. The molecule has 2 heteroatoms. The lowest BCUT2D eigenvalue weighted by Gasteiger charge is -2.16. The summed E-state index contributed by atoms with van der Waals surface area (Å²) in [5.41, 5.74) is 1.08. The molecule has 0 amide bonds. The zero-order chi connectivity index (χ0) is 10.7. The second-order valence-electron chi connectivity index (χ2n) is 4.71. The SMILES string of the molecule is Cc1cccc(NCC2CCCC2C)n1. The van der Waals surface area contributed by atoms with Gasteiger partial charge in [0.1, 0.15) is 5.82 Å². The van der Waals surface area contributed by atoms with Gasteiger partial charge in [0.05, 0.1) is 0 Å². The van der Waals surface area contributed by atoms with E-state index in [1.165, 1.54) is 19.3 Å². The molecule has 0 bridgehead atoms. The fraction of sp³-hybridized carbons (Fsp3) is 0.615. The summed E-state index contributed by atoms with van der Waals surface area (Å²) in [7, 11) is 0. The summed E-state index contributed by atoms with van der Waals surface area (Å²) in [5.74, 6) is 2.74. The number of nitrogens with zero attached hydrogens (tertiary/aromatic N) is 1. The molecule has 2 atom stereocenters. The van der Waals surface area contributed by atoms with E-state index >= 15 is 0 Å². The average Bonchev–Trinajstić information content (AvgIpc) is 2.61. The van der Waals surface area contributed by atoms with Gasteiger partial charge in [0, 0.05) is 12.2 Å². The molecule has 1 aromatic heterocycles. The van der Waals surface area contributed by atoms with E-state index in [1.807, 2.05) is 19.1 Å². The van der Waals surface area contributed by atoms with Crippen molar-refractivity contribution >= 4 is 5.82 Å². The van der Waals surface area contributed by atoms with Crippen molar-refractivity contribution in [3.8, 4) is 0 Å². The van der Waals surface area contributed by atoms with Crippen molar-refractivity contribution in [2.24, 2.45) is 11.8 Å². The standard InChI is InChI=1S/C13H20N2/c1-10-5-3-7-12(10)9-14-13-8-4-6-11(2)15-13/h4,6,8,10,12H,3,5,7,9H2,1-2H3,(H,14,15). The lowest BCUT2D eigenvalue weighted by Crippen LogP contribution is -2.17. The Morgan fingerprint density at radius 2 is 2.27 bits per heavy atom. The van der Waals surface area contributed by atoms with Gasteiger partial charge in [0.2, 0.25) is 0 Å². The highest BCUT2D eigenvalue weighted by molar-refractivity contribution is 5.35.